The molecular weight excluding hydrogens is 256 g/mol. The van der Waals surface area contributed by atoms with Crippen molar-refractivity contribution in [2.24, 2.45) is 13.0 Å². The van der Waals surface area contributed by atoms with Crippen molar-refractivity contribution < 1.29 is 9.53 Å². The first-order valence-electron chi connectivity index (χ1n) is 7.10. The summed E-state index contributed by atoms with van der Waals surface area (Å²) in [6.07, 6.45) is 5.00. The van der Waals surface area contributed by atoms with Crippen molar-refractivity contribution in [3.63, 3.8) is 0 Å². The molecule has 2 aliphatic rings. The Balaban J connectivity index is 1.74. The van der Waals surface area contributed by atoms with Gasteiger partial charge in [-0.3, -0.25) is 14.4 Å². The third-order valence-electron chi connectivity index (χ3n) is 4.30. The van der Waals surface area contributed by atoms with Crippen molar-refractivity contribution in [3.8, 4) is 0 Å². The number of hydrogen-bond acceptors (Lipinski definition) is 4. The van der Waals surface area contributed by atoms with Gasteiger partial charge in [-0.05, 0) is 6.42 Å². The van der Waals surface area contributed by atoms with Gasteiger partial charge in [-0.25, -0.2) is 0 Å². The van der Waals surface area contributed by atoms with Gasteiger partial charge >= 0.3 is 0 Å². The lowest BCUT2D eigenvalue weighted by molar-refractivity contribution is -0.135. The first-order chi connectivity index (χ1) is 9.56. The molecule has 0 bridgehead atoms. The molecule has 0 aliphatic carbocycles. The minimum atomic E-state index is -0.0332. The number of carbonyl (C=O) groups is 1. The van der Waals surface area contributed by atoms with Gasteiger partial charge in [0.25, 0.3) is 0 Å². The molecule has 0 N–H and O–H groups in total. The number of nitrogens with zero attached hydrogens (tertiary/aromatic N) is 4. The van der Waals surface area contributed by atoms with Gasteiger partial charge < -0.3 is 9.64 Å². The van der Waals surface area contributed by atoms with Crippen molar-refractivity contribution in [2.75, 3.05) is 27.2 Å². The Kier molecular flexibility index (Phi) is 3.52. The summed E-state index contributed by atoms with van der Waals surface area (Å²) in [6, 6.07) is 0.365. The van der Waals surface area contributed by atoms with Gasteiger partial charge in [0.1, 0.15) is 0 Å². The van der Waals surface area contributed by atoms with Crippen LogP contribution >= 0.6 is 0 Å². The second-order valence-electron chi connectivity index (χ2n) is 5.98. The molecule has 6 heteroatoms. The monoisotopic (exact) mass is 278 g/mol. The molecule has 20 heavy (non-hydrogen) atoms. The number of rotatable bonds is 3. The first-order valence-corrected chi connectivity index (χ1v) is 7.10. The largest absolute Gasteiger partial charge is 0.376 e. The Morgan fingerprint density at radius 1 is 1.55 bits per heavy atom. The number of amides is 1. The van der Waals surface area contributed by atoms with Crippen LogP contribution in [0.2, 0.25) is 0 Å². The van der Waals surface area contributed by atoms with E-state index in [0.717, 1.165) is 26.1 Å². The lowest BCUT2D eigenvalue weighted by Gasteiger charge is -2.21. The van der Waals surface area contributed by atoms with Crippen molar-refractivity contribution in [1.29, 1.82) is 0 Å². The van der Waals surface area contributed by atoms with E-state index in [9.17, 15) is 4.79 Å². The van der Waals surface area contributed by atoms with E-state index in [1.165, 1.54) is 5.56 Å². The number of hydrogen-bond donors (Lipinski definition) is 0. The predicted octanol–water partition coefficient (Wildman–Crippen LogP) is 0.0976. The van der Waals surface area contributed by atoms with E-state index in [0.29, 0.717) is 6.04 Å². The van der Waals surface area contributed by atoms with E-state index in [1.807, 2.05) is 38.2 Å². The zero-order valence-corrected chi connectivity index (χ0v) is 12.3. The molecule has 1 aromatic heterocycles. The standard InChI is InChI=1S/C14H22N4O2/c1-16(2)14(19)11-9-18(12-4-5-20-13(11)12)8-10-6-15-17(3)7-10/h6-7,11-13H,4-5,8-9H2,1-3H3/t11-,12+,13+/m1/s1. The van der Waals surface area contributed by atoms with Crippen LogP contribution in [0.5, 0.6) is 0 Å². The number of ether oxygens (including phenoxy) is 1. The van der Waals surface area contributed by atoms with Crippen molar-refractivity contribution in [3.05, 3.63) is 18.0 Å². The van der Waals surface area contributed by atoms with Gasteiger partial charge in [-0.2, -0.15) is 5.10 Å². The molecule has 0 saturated carbocycles. The van der Waals surface area contributed by atoms with E-state index in [-0.39, 0.29) is 17.9 Å². The molecule has 6 nitrogen and oxygen atoms in total. The summed E-state index contributed by atoms with van der Waals surface area (Å²) >= 11 is 0. The highest BCUT2D eigenvalue weighted by molar-refractivity contribution is 5.79. The number of fused-ring (bicyclic) bond motifs is 1. The van der Waals surface area contributed by atoms with Gasteiger partial charge in [0.2, 0.25) is 5.91 Å². The van der Waals surface area contributed by atoms with Crippen LogP contribution in [0.1, 0.15) is 12.0 Å². The quantitative estimate of drug-likeness (QED) is 0.787. The third kappa shape index (κ3) is 2.33. The number of aryl methyl sites for hydroxylation is 1. The second-order valence-corrected chi connectivity index (χ2v) is 5.98. The minimum absolute atomic E-state index is 0.0332. The summed E-state index contributed by atoms with van der Waals surface area (Å²) in [5.74, 6) is 0.143. The van der Waals surface area contributed by atoms with E-state index < -0.39 is 0 Å². The molecule has 0 spiro atoms. The maximum absolute atomic E-state index is 12.3. The highest BCUT2D eigenvalue weighted by Crippen LogP contribution is 2.35. The van der Waals surface area contributed by atoms with Crippen LogP contribution < -0.4 is 0 Å². The number of likely N-dealkylation sites (tertiary alicyclic amines) is 1. The van der Waals surface area contributed by atoms with Crippen LogP contribution in [0.25, 0.3) is 0 Å². The molecule has 3 rings (SSSR count). The molecule has 1 amide bonds. The van der Waals surface area contributed by atoms with Gasteiger partial charge in [-0.1, -0.05) is 0 Å². The van der Waals surface area contributed by atoms with E-state index in [4.69, 9.17) is 4.74 Å². The molecule has 3 heterocycles. The second kappa shape index (κ2) is 5.18. The van der Waals surface area contributed by atoms with Gasteiger partial charge in [0.15, 0.2) is 0 Å². The molecule has 0 unspecified atom stereocenters. The molecule has 2 fully saturated rings. The molecule has 0 radical (unpaired) electrons. The lowest BCUT2D eigenvalue weighted by Crippen LogP contribution is -2.37. The minimum Gasteiger partial charge on any atom is -0.376 e. The highest BCUT2D eigenvalue weighted by Gasteiger charge is 2.48. The Morgan fingerprint density at radius 2 is 2.35 bits per heavy atom. The number of aromatic nitrogens is 2. The zero-order valence-electron chi connectivity index (χ0n) is 12.3. The van der Waals surface area contributed by atoms with E-state index in [2.05, 4.69) is 10.00 Å². The summed E-state index contributed by atoms with van der Waals surface area (Å²) < 4.78 is 7.64. The Morgan fingerprint density at radius 3 is 3.00 bits per heavy atom. The normalized spacial score (nSPS) is 29.6. The summed E-state index contributed by atoms with van der Waals surface area (Å²) in [7, 11) is 5.56. The van der Waals surface area contributed by atoms with Crippen LogP contribution in [0, 0.1) is 5.92 Å². The SMILES string of the molecule is CN(C)C(=O)[C@@H]1CN(Cc2cnn(C)c2)[C@H]2CCO[C@@H]12. The van der Waals surface area contributed by atoms with Crippen LogP contribution in [0.3, 0.4) is 0 Å². The van der Waals surface area contributed by atoms with E-state index in [1.54, 1.807) is 4.90 Å². The Labute approximate surface area is 119 Å². The molecule has 3 atom stereocenters. The summed E-state index contributed by atoms with van der Waals surface area (Å²) in [5.41, 5.74) is 1.19. The summed E-state index contributed by atoms with van der Waals surface area (Å²) in [4.78, 5) is 16.3. The lowest BCUT2D eigenvalue weighted by atomic mass is 10.0. The van der Waals surface area contributed by atoms with Crippen molar-refractivity contribution >= 4 is 5.91 Å². The zero-order chi connectivity index (χ0) is 14.3. The molecule has 2 saturated heterocycles. The molecule has 2 aliphatic heterocycles. The smallest absolute Gasteiger partial charge is 0.229 e. The average Bonchev–Trinajstić information content (AvgIpc) is 3.07. The van der Waals surface area contributed by atoms with Crippen LogP contribution in [-0.2, 0) is 23.1 Å². The fourth-order valence-electron chi connectivity index (χ4n) is 3.39. The topological polar surface area (TPSA) is 50.6 Å². The van der Waals surface area contributed by atoms with Crippen LogP contribution in [0.4, 0.5) is 0 Å². The highest BCUT2D eigenvalue weighted by atomic mass is 16.5. The third-order valence-corrected chi connectivity index (χ3v) is 4.30. The van der Waals surface area contributed by atoms with Crippen LogP contribution in [0.15, 0.2) is 12.4 Å². The fraction of sp³-hybridized carbons (Fsp3) is 0.714. The predicted molar refractivity (Wildman–Crippen MR) is 73.9 cm³/mol. The molecule has 1 aromatic rings. The summed E-state index contributed by atoms with van der Waals surface area (Å²) in [5, 5.41) is 4.21. The van der Waals surface area contributed by atoms with Crippen molar-refractivity contribution in [1.82, 2.24) is 19.6 Å². The first kappa shape index (κ1) is 13.6. The molecular formula is C14H22N4O2. The Bertz CT molecular complexity index is 499. The van der Waals surface area contributed by atoms with Gasteiger partial charge in [0.05, 0.1) is 18.2 Å². The maximum atomic E-state index is 12.3. The maximum Gasteiger partial charge on any atom is 0.229 e. The Hall–Kier alpha value is -1.40. The fourth-order valence-corrected chi connectivity index (χ4v) is 3.39. The molecule has 110 valence electrons. The van der Waals surface area contributed by atoms with Gasteiger partial charge in [-0.15, -0.1) is 0 Å². The van der Waals surface area contributed by atoms with E-state index >= 15 is 0 Å². The van der Waals surface area contributed by atoms with Crippen LogP contribution in [-0.4, -0.2) is 64.9 Å². The summed E-state index contributed by atoms with van der Waals surface area (Å²) in [6.45, 7) is 2.38. The molecule has 0 aromatic carbocycles. The van der Waals surface area contributed by atoms with Gasteiger partial charge in [0, 0.05) is 58.6 Å². The number of carbonyl (C=O) groups excluding carboxylic acids is 1. The average molecular weight is 278 g/mol. The van der Waals surface area contributed by atoms with Crippen molar-refractivity contribution in [2.45, 2.75) is 25.1 Å².